The number of hydrogen-bond donors (Lipinski definition) is 22. The van der Waals surface area contributed by atoms with Gasteiger partial charge in [0.2, 0.25) is 5.75 Å². The number of aromatic hydroxyl groups is 19. The maximum Gasteiger partial charge on any atom is 0.344 e. The molecule has 3 aliphatic heterocycles. The second kappa shape index (κ2) is 23.8. The number of phenols is 19. The van der Waals surface area contributed by atoms with Crippen LogP contribution in [0.15, 0.2) is 109 Å². The molecule has 0 amide bonds. The fourth-order valence-electron chi connectivity index (χ4n) is 11.9. The Bertz CT molecular complexity index is 4650. The number of hydrogen-bond acceptors (Lipinski definition) is 31. The van der Waals surface area contributed by atoms with Crippen molar-refractivity contribution in [2.45, 2.75) is 54.9 Å². The molecule has 0 saturated carbocycles. The smallest absolute Gasteiger partial charge is 0.344 e. The third kappa shape index (κ3) is 11.1. The molecule has 9 aromatic rings. The zero-order valence-corrected chi connectivity index (χ0v) is 48.7. The summed E-state index contributed by atoms with van der Waals surface area (Å²) < 4.78 is 36.5. The van der Waals surface area contributed by atoms with Crippen LogP contribution in [0.5, 0.6) is 144 Å². The SMILES string of the molecule is O=C(Oc1cc(C2Oc3c(C4c5c(O)cc(O)cc5OC(c5ccc(O)c(O)c5)C4O)c(O)cc(O)c3C(c3c(O)cc(O)c4c3OC(c3ccc(O)c(O)c3)C(O)C4)C2O)cc(OC(=O)c2cc(O)c(O)c(O)c2)c1OC(=O)c1cc(O)c(O)c(O)c1)c1cc(O)c(O)c(O)c1. The third-order valence-electron chi connectivity index (χ3n) is 16.4. The van der Waals surface area contributed by atoms with E-state index in [9.17, 15) is 127 Å². The van der Waals surface area contributed by atoms with Crippen molar-refractivity contribution in [2.24, 2.45) is 0 Å². The predicted molar refractivity (Wildman–Crippen MR) is 320 cm³/mol. The first kappa shape index (κ1) is 64.0. The summed E-state index contributed by atoms with van der Waals surface area (Å²) in [6, 6.07) is 14.3. The van der Waals surface area contributed by atoms with Crippen LogP contribution < -0.4 is 28.4 Å². The Balaban J connectivity index is 1.15. The lowest BCUT2D eigenvalue weighted by Gasteiger charge is -2.43. The number of fused-ring (bicyclic) bond motifs is 3. The predicted octanol–water partition coefficient (Wildman–Crippen LogP) is 6.04. The van der Waals surface area contributed by atoms with Crippen molar-refractivity contribution < 1.29 is 155 Å². The van der Waals surface area contributed by atoms with Crippen LogP contribution in [-0.4, -0.2) is 149 Å². The van der Waals surface area contributed by atoms with E-state index < -0.39 is 261 Å². The molecule has 8 atom stereocenters. The number of aliphatic hydroxyl groups excluding tert-OH is 3. The normalized spacial score (nSPS) is 19.2. The van der Waals surface area contributed by atoms with Crippen LogP contribution in [0, 0.1) is 0 Å². The molecule has 31 heteroatoms. The van der Waals surface area contributed by atoms with E-state index in [0.29, 0.717) is 54.6 Å². The highest BCUT2D eigenvalue weighted by molar-refractivity contribution is 5.97. The minimum Gasteiger partial charge on any atom is -0.508 e. The van der Waals surface area contributed by atoms with Crippen molar-refractivity contribution in [3.8, 4) is 144 Å². The number of carbonyl (C=O) groups is 3. The van der Waals surface area contributed by atoms with Crippen LogP contribution in [0.25, 0.3) is 0 Å². The van der Waals surface area contributed by atoms with E-state index in [1.54, 1.807) is 0 Å². The molecular weight excluding hydrogens is 1290 g/mol. The molecule has 9 aromatic carbocycles. The minimum atomic E-state index is -2.49. The van der Waals surface area contributed by atoms with Gasteiger partial charge in [0.05, 0.1) is 34.6 Å². The lowest BCUT2D eigenvalue weighted by atomic mass is 9.73. The van der Waals surface area contributed by atoms with E-state index in [1.165, 1.54) is 12.1 Å². The summed E-state index contributed by atoms with van der Waals surface area (Å²) in [6.07, 6.45) is -12.6. The van der Waals surface area contributed by atoms with Crippen LogP contribution in [0.1, 0.15) is 106 Å². The van der Waals surface area contributed by atoms with Crippen LogP contribution >= 0.6 is 0 Å². The molecule has 0 aromatic heterocycles. The molecule has 500 valence electrons. The molecule has 3 heterocycles. The monoisotopic (exact) mass is 1340 g/mol. The van der Waals surface area contributed by atoms with Crippen molar-refractivity contribution >= 4 is 17.9 Å². The van der Waals surface area contributed by atoms with Gasteiger partial charge in [-0.1, -0.05) is 12.1 Å². The number of phenolic OH excluding ortho intramolecular Hbond substituents is 19. The van der Waals surface area contributed by atoms with E-state index in [2.05, 4.69) is 0 Å². The van der Waals surface area contributed by atoms with E-state index in [0.717, 1.165) is 42.5 Å². The molecular formula is C66H50O31. The highest BCUT2D eigenvalue weighted by atomic mass is 16.6. The molecule has 0 spiro atoms. The Morgan fingerprint density at radius 3 is 1.18 bits per heavy atom. The Morgan fingerprint density at radius 1 is 0.340 bits per heavy atom. The van der Waals surface area contributed by atoms with Crippen LogP contribution in [-0.2, 0) is 6.42 Å². The van der Waals surface area contributed by atoms with E-state index in [-0.39, 0.29) is 16.7 Å². The van der Waals surface area contributed by atoms with Gasteiger partial charge in [0.25, 0.3) is 0 Å². The zero-order chi connectivity index (χ0) is 69.8. The summed E-state index contributed by atoms with van der Waals surface area (Å²) in [4.78, 5) is 43.1. The first-order valence-electron chi connectivity index (χ1n) is 28.3. The van der Waals surface area contributed by atoms with Crippen molar-refractivity contribution in [3.63, 3.8) is 0 Å². The Morgan fingerprint density at radius 2 is 0.722 bits per heavy atom. The van der Waals surface area contributed by atoms with Gasteiger partial charge in [-0.25, -0.2) is 14.4 Å². The van der Waals surface area contributed by atoms with Gasteiger partial charge in [0.1, 0.15) is 70.1 Å². The third-order valence-corrected chi connectivity index (χ3v) is 16.4. The second-order valence-corrected chi connectivity index (χ2v) is 22.5. The highest BCUT2D eigenvalue weighted by Gasteiger charge is 2.51. The molecule has 0 radical (unpaired) electrons. The summed E-state index contributed by atoms with van der Waals surface area (Å²) in [5.41, 5.74) is -6.09. The molecule has 31 nitrogen and oxygen atoms in total. The number of rotatable bonds is 11. The van der Waals surface area contributed by atoms with Crippen LogP contribution in [0.3, 0.4) is 0 Å². The van der Waals surface area contributed by atoms with Gasteiger partial charge in [-0.3, -0.25) is 0 Å². The van der Waals surface area contributed by atoms with Gasteiger partial charge in [-0.2, -0.15) is 0 Å². The first-order chi connectivity index (χ1) is 45.9. The standard InChI is InChI=1S/C66H50O31/c67-26-15-33(73)47-44(16-26)92-59(21-2-4-29(69)32(72)6-21)56(87)51(47)49-35(75)19-36(76)50-52(48-34(74)18-30(70)27-17-43(83)58(95-61(27)48)20-1-3-28(68)31(71)5-20)57(88)60(96-63(49)50)22-13-45(93-64(89)23-7-37(77)53(84)38(78)8-23)62(97-66(91)25-11-41(81)55(86)42(82)12-25)46(14-22)94-65(90)24-9-39(79)54(85)40(80)10-24/h1-16,18-19,43,51-52,56-60,67-88H,17H2. The minimum absolute atomic E-state index is 0.0444. The van der Waals surface area contributed by atoms with Gasteiger partial charge < -0.3 is 141 Å². The summed E-state index contributed by atoms with van der Waals surface area (Å²) in [6.45, 7) is 0. The summed E-state index contributed by atoms with van der Waals surface area (Å²) in [7, 11) is 0. The van der Waals surface area contributed by atoms with E-state index in [1.807, 2.05) is 0 Å². The average Bonchev–Trinajstić information content (AvgIpc) is 0.742. The molecule has 0 fully saturated rings. The van der Waals surface area contributed by atoms with Crippen LogP contribution in [0.2, 0.25) is 0 Å². The summed E-state index contributed by atoms with van der Waals surface area (Å²) in [5.74, 6) is -32.8. The second-order valence-electron chi connectivity index (χ2n) is 22.5. The van der Waals surface area contributed by atoms with Crippen molar-refractivity contribution in [2.75, 3.05) is 0 Å². The Kier molecular flexibility index (Phi) is 15.7. The fraction of sp³-hybridized carbons (Fsp3) is 0.136. The zero-order valence-electron chi connectivity index (χ0n) is 48.7. The fourth-order valence-corrected chi connectivity index (χ4v) is 11.9. The maximum atomic E-state index is 14.4. The Labute approximate surface area is 540 Å². The van der Waals surface area contributed by atoms with Crippen LogP contribution in [0.4, 0.5) is 0 Å². The molecule has 0 aliphatic carbocycles. The first-order valence-corrected chi connectivity index (χ1v) is 28.3. The Hall–Kier alpha value is -13.1. The molecule has 12 rings (SSSR count). The number of esters is 3. The van der Waals surface area contributed by atoms with Gasteiger partial charge in [0, 0.05) is 64.1 Å². The van der Waals surface area contributed by atoms with Gasteiger partial charge in [-0.05, 0) is 83.9 Å². The summed E-state index contributed by atoms with van der Waals surface area (Å²) in [5, 5.41) is 245. The largest absolute Gasteiger partial charge is 0.508 e. The number of aliphatic hydroxyl groups is 3. The van der Waals surface area contributed by atoms with Gasteiger partial charge in [-0.15, -0.1) is 0 Å². The number of ether oxygens (including phenoxy) is 6. The summed E-state index contributed by atoms with van der Waals surface area (Å²) >= 11 is 0. The molecule has 22 N–H and O–H groups in total. The van der Waals surface area contributed by atoms with E-state index >= 15 is 0 Å². The van der Waals surface area contributed by atoms with Crippen molar-refractivity contribution in [1.82, 2.24) is 0 Å². The van der Waals surface area contributed by atoms with Gasteiger partial charge >= 0.3 is 17.9 Å². The van der Waals surface area contributed by atoms with Crippen molar-refractivity contribution in [1.29, 1.82) is 0 Å². The van der Waals surface area contributed by atoms with Gasteiger partial charge in [0.15, 0.2) is 98.5 Å². The lowest BCUT2D eigenvalue weighted by molar-refractivity contribution is -0.00568. The van der Waals surface area contributed by atoms with E-state index in [4.69, 9.17) is 28.4 Å². The molecule has 0 bridgehead atoms. The average molecular weight is 1340 g/mol. The molecule has 8 unspecified atom stereocenters. The number of benzene rings is 9. The van der Waals surface area contributed by atoms with Crippen molar-refractivity contribution in [3.05, 3.63) is 170 Å². The quantitative estimate of drug-likeness (QED) is 0.0398. The number of carbonyl (C=O) groups excluding carboxylic acids is 3. The molecule has 3 aliphatic rings. The topological polar surface area (TPSA) is 552 Å². The maximum absolute atomic E-state index is 14.4. The highest BCUT2D eigenvalue weighted by Crippen LogP contribution is 2.63. The lowest BCUT2D eigenvalue weighted by Crippen LogP contribution is -2.39. The molecule has 0 saturated heterocycles. The molecule has 97 heavy (non-hydrogen) atoms.